The number of nitrogen functional groups attached to an aromatic ring is 1. The van der Waals surface area contributed by atoms with Gasteiger partial charge in [0.2, 0.25) is 0 Å². The number of rotatable bonds is 7. The first-order valence-electron chi connectivity index (χ1n) is 6.64. The first-order chi connectivity index (χ1) is 9.19. The second-order valence-corrected chi connectivity index (χ2v) is 8.10. The minimum atomic E-state index is -3.14. The van der Waals surface area contributed by atoms with Crippen molar-refractivity contribution >= 4 is 21.2 Å². The summed E-state index contributed by atoms with van der Waals surface area (Å²) in [6.45, 7) is 6.27. The number of hydrogen-bond acceptors (Lipinski definition) is 5. The Kier molecular flexibility index (Phi) is 5.28. The summed E-state index contributed by atoms with van der Waals surface area (Å²) < 4.78 is 28.0. The Bertz CT molecular complexity index is 554. The van der Waals surface area contributed by atoms with E-state index in [1.807, 2.05) is 19.1 Å². The predicted molar refractivity (Wildman–Crippen MR) is 84.1 cm³/mol. The van der Waals surface area contributed by atoms with Crippen molar-refractivity contribution in [3.8, 4) is 5.75 Å². The smallest absolute Gasteiger partial charge is 0.154 e. The molecule has 0 aliphatic heterocycles. The Morgan fingerprint density at radius 1 is 1.35 bits per heavy atom. The summed E-state index contributed by atoms with van der Waals surface area (Å²) in [5.41, 5.74) is 7.22. The largest absolute Gasteiger partial charge is 0.491 e. The quantitative estimate of drug-likeness (QED) is 0.755. The van der Waals surface area contributed by atoms with Gasteiger partial charge in [-0.05, 0) is 32.4 Å². The highest BCUT2D eigenvalue weighted by Crippen LogP contribution is 2.30. The van der Waals surface area contributed by atoms with Crippen molar-refractivity contribution in [1.29, 1.82) is 0 Å². The van der Waals surface area contributed by atoms with E-state index in [1.165, 1.54) is 6.26 Å². The van der Waals surface area contributed by atoms with Gasteiger partial charge in [0.25, 0.3) is 0 Å². The van der Waals surface area contributed by atoms with E-state index < -0.39 is 14.6 Å². The molecule has 0 heterocycles. The fourth-order valence-corrected chi connectivity index (χ4v) is 1.81. The van der Waals surface area contributed by atoms with E-state index in [0.29, 0.717) is 23.7 Å². The van der Waals surface area contributed by atoms with Crippen LogP contribution >= 0.6 is 0 Å². The minimum absolute atomic E-state index is 0.285. The SMILES string of the molecule is CCCOc1cccc(NCC(C)(C)S(C)(=O)=O)c1N. The third-order valence-corrected chi connectivity index (χ3v) is 5.39. The number of sulfone groups is 1. The molecule has 0 bridgehead atoms. The van der Waals surface area contributed by atoms with Gasteiger partial charge in [-0.25, -0.2) is 8.42 Å². The number of ether oxygens (including phenoxy) is 1. The summed E-state index contributed by atoms with van der Waals surface area (Å²) in [7, 11) is -3.14. The Labute approximate surface area is 121 Å². The van der Waals surface area contributed by atoms with Crippen LogP contribution in [0.2, 0.25) is 0 Å². The number of nitrogens with two attached hydrogens (primary N) is 1. The predicted octanol–water partition coefficient (Wildman–Crippen LogP) is 2.29. The molecule has 1 aromatic carbocycles. The third kappa shape index (κ3) is 4.03. The van der Waals surface area contributed by atoms with E-state index in [4.69, 9.17) is 10.5 Å². The minimum Gasteiger partial charge on any atom is -0.491 e. The first-order valence-corrected chi connectivity index (χ1v) is 8.53. The lowest BCUT2D eigenvalue weighted by atomic mass is 10.2. The molecule has 0 radical (unpaired) electrons. The van der Waals surface area contributed by atoms with Crippen LogP contribution in [0, 0.1) is 0 Å². The van der Waals surface area contributed by atoms with Gasteiger partial charge < -0.3 is 15.8 Å². The number of anilines is 2. The van der Waals surface area contributed by atoms with Crippen LogP contribution in [0.4, 0.5) is 11.4 Å². The van der Waals surface area contributed by atoms with Gasteiger partial charge in [-0.2, -0.15) is 0 Å². The topological polar surface area (TPSA) is 81.4 Å². The zero-order chi connectivity index (χ0) is 15.4. The summed E-state index contributed by atoms with van der Waals surface area (Å²) in [5, 5.41) is 3.09. The van der Waals surface area contributed by atoms with Crippen molar-refractivity contribution in [3.63, 3.8) is 0 Å². The molecule has 0 fully saturated rings. The highest BCUT2D eigenvalue weighted by molar-refractivity contribution is 7.92. The van der Waals surface area contributed by atoms with Gasteiger partial charge in [0.05, 0.1) is 22.7 Å². The van der Waals surface area contributed by atoms with Crippen molar-refractivity contribution in [1.82, 2.24) is 0 Å². The van der Waals surface area contributed by atoms with Gasteiger partial charge in [0, 0.05) is 12.8 Å². The van der Waals surface area contributed by atoms with Crippen molar-refractivity contribution < 1.29 is 13.2 Å². The summed E-state index contributed by atoms with van der Waals surface area (Å²) in [6.07, 6.45) is 2.14. The molecule has 0 atom stereocenters. The summed E-state index contributed by atoms with van der Waals surface area (Å²) >= 11 is 0. The average molecular weight is 300 g/mol. The van der Waals surface area contributed by atoms with E-state index in [1.54, 1.807) is 19.9 Å². The first kappa shape index (κ1) is 16.6. The lowest BCUT2D eigenvalue weighted by Crippen LogP contribution is -2.38. The maximum absolute atomic E-state index is 11.7. The normalized spacial score (nSPS) is 12.2. The van der Waals surface area contributed by atoms with Crippen molar-refractivity contribution in [3.05, 3.63) is 18.2 Å². The van der Waals surface area contributed by atoms with Crippen molar-refractivity contribution in [2.24, 2.45) is 0 Å². The molecule has 20 heavy (non-hydrogen) atoms. The molecule has 1 rings (SSSR count). The zero-order valence-corrected chi connectivity index (χ0v) is 13.4. The van der Waals surface area contributed by atoms with Crippen LogP contribution in [-0.2, 0) is 9.84 Å². The molecule has 5 nitrogen and oxygen atoms in total. The highest BCUT2D eigenvalue weighted by Gasteiger charge is 2.30. The van der Waals surface area contributed by atoms with E-state index in [-0.39, 0.29) is 6.54 Å². The molecule has 0 saturated heterocycles. The molecule has 1 aromatic rings. The third-order valence-electron chi connectivity index (χ3n) is 3.24. The van der Waals surface area contributed by atoms with Crippen molar-refractivity contribution in [2.45, 2.75) is 31.9 Å². The molecule has 0 aliphatic rings. The monoisotopic (exact) mass is 300 g/mol. The molecule has 6 heteroatoms. The summed E-state index contributed by atoms with van der Waals surface area (Å²) in [5.74, 6) is 0.619. The van der Waals surface area contributed by atoms with E-state index in [2.05, 4.69) is 5.32 Å². The fraction of sp³-hybridized carbons (Fsp3) is 0.571. The van der Waals surface area contributed by atoms with Gasteiger partial charge in [-0.1, -0.05) is 13.0 Å². The number of benzene rings is 1. The average Bonchev–Trinajstić information content (AvgIpc) is 2.35. The van der Waals surface area contributed by atoms with Crippen LogP contribution in [-0.4, -0.2) is 32.6 Å². The maximum atomic E-state index is 11.7. The molecular formula is C14H24N2O3S. The molecule has 0 spiro atoms. The van der Waals surface area contributed by atoms with Gasteiger partial charge in [-0.3, -0.25) is 0 Å². The van der Waals surface area contributed by atoms with E-state index in [0.717, 1.165) is 6.42 Å². The zero-order valence-electron chi connectivity index (χ0n) is 12.6. The van der Waals surface area contributed by atoms with E-state index >= 15 is 0 Å². The van der Waals surface area contributed by atoms with Crippen LogP contribution in [0.3, 0.4) is 0 Å². The van der Waals surface area contributed by atoms with Crippen LogP contribution in [0.5, 0.6) is 5.75 Å². The molecule has 0 aromatic heterocycles. The van der Waals surface area contributed by atoms with Crippen molar-refractivity contribution in [2.75, 3.05) is 30.5 Å². The second-order valence-electron chi connectivity index (χ2n) is 5.45. The fourth-order valence-electron chi connectivity index (χ4n) is 1.48. The summed E-state index contributed by atoms with van der Waals surface area (Å²) in [4.78, 5) is 0. The van der Waals surface area contributed by atoms with Crippen LogP contribution < -0.4 is 15.8 Å². The van der Waals surface area contributed by atoms with Gasteiger partial charge in [0.1, 0.15) is 5.75 Å². The van der Waals surface area contributed by atoms with Crippen LogP contribution in [0.15, 0.2) is 18.2 Å². The van der Waals surface area contributed by atoms with Gasteiger partial charge in [-0.15, -0.1) is 0 Å². The number of hydrogen-bond donors (Lipinski definition) is 2. The Balaban J connectivity index is 2.84. The molecule has 3 N–H and O–H groups in total. The van der Waals surface area contributed by atoms with Gasteiger partial charge >= 0.3 is 0 Å². The number of para-hydroxylation sites is 1. The molecule has 114 valence electrons. The maximum Gasteiger partial charge on any atom is 0.154 e. The second kappa shape index (κ2) is 6.35. The Hall–Kier alpha value is -1.43. The number of nitrogens with one attached hydrogen (secondary N) is 1. The summed E-state index contributed by atoms with van der Waals surface area (Å²) in [6, 6.07) is 5.45. The van der Waals surface area contributed by atoms with Gasteiger partial charge in [0.15, 0.2) is 9.84 Å². The van der Waals surface area contributed by atoms with Crippen LogP contribution in [0.1, 0.15) is 27.2 Å². The molecule has 0 unspecified atom stereocenters. The van der Waals surface area contributed by atoms with E-state index in [9.17, 15) is 8.42 Å². The molecule has 0 aliphatic carbocycles. The van der Waals surface area contributed by atoms with Crippen LogP contribution in [0.25, 0.3) is 0 Å². The lowest BCUT2D eigenvalue weighted by molar-refractivity contribution is 0.319. The Morgan fingerprint density at radius 3 is 2.55 bits per heavy atom. The highest BCUT2D eigenvalue weighted by atomic mass is 32.2. The Morgan fingerprint density at radius 2 is 2.00 bits per heavy atom. The molecule has 0 amide bonds. The lowest BCUT2D eigenvalue weighted by Gasteiger charge is -2.24. The molecular weight excluding hydrogens is 276 g/mol. The standard InChI is InChI=1S/C14H24N2O3S/c1-5-9-19-12-8-6-7-11(13(12)15)16-10-14(2,3)20(4,17)18/h6-8,16H,5,9-10,15H2,1-4H3. The molecule has 0 saturated carbocycles.